The van der Waals surface area contributed by atoms with Crippen LogP contribution in [0.1, 0.15) is 196 Å². The highest BCUT2D eigenvalue weighted by molar-refractivity contribution is 5.87. The third-order valence-electron chi connectivity index (χ3n) is 7.74. The van der Waals surface area contributed by atoms with Crippen molar-refractivity contribution >= 4 is 17.9 Å². The van der Waals surface area contributed by atoms with Crippen molar-refractivity contribution in [1.29, 1.82) is 0 Å². The van der Waals surface area contributed by atoms with Crippen LogP contribution in [0.2, 0.25) is 0 Å². The molecule has 0 rings (SSSR count). The van der Waals surface area contributed by atoms with Crippen LogP contribution < -0.4 is 0 Å². The second kappa shape index (κ2) is 40.8. The van der Waals surface area contributed by atoms with E-state index < -0.39 is 0 Å². The quantitative estimate of drug-likeness (QED) is 0.0325. The van der Waals surface area contributed by atoms with E-state index in [0.29, 0.717) is 36.5 Å². The average Bonchev–Trinajstić information content (AvgIpc) is 3.06. The first kappa shape index (κ1) is 50.0. The van der Waals surface area contributed by atoms with E-state index in [1.54, 1.807) is 20.8 Å². The van der Waals surface area contributed by atoms with Gasteiger partial charge in [-0.1, -0.05) is 175 Å². The van der Waals surface area contributed by atoms with Crippen LogP contribution in [-0.4, -0.2) is 37.7 Å². The van der Waals surface area contributed by atoms with Gasteiger partial charge in [0.2, 0.25) is 0 Å². The highest BCUT2D eigenvalue weighted by Gasteiger charge is 2.03. The summed E-state index contributed by atoms with van der Waals surface area (Å²) in [6, 6.07) is 0. The largest absolute Gasteiger partial charge is 0.462 e. The molecule has 0 saturated carbocycles. The third-order valence-corrected chi connectivity index (χ3v) is 7.74. The second-order valence-corrected chi connectivity index (χ2v) is 13.2. The first-order valence-corrected chi connectivity index (χ1v) is 19.5. The van der Waals surface area contributed by atoms with E-state index in [0.717, 1.165) is 32.1 Å². The van der Waals surface area contributed by atoms with Gasteiger partial charge in [0, 0.05) is 16.7 Å². The number of esters is 3. The van der Waals surface area contributed by atoms with Gasteiger partial charge in [-0.2, -0.15) is 0 Å². The van der Waals surface area contributed by atoms with Crippen LogP contribution in [0.5, 0.6) is 0 Å². The van der Waals surface area contributed by atoms with Crippen molar-refractivity contribution in [2.45, 2.75) is 196 Å². The highest BCUT2D eigenvalue weighted by Crippen LogP contribution is 2.11. The Kier molecular flexibility index (Phi) is 42.5. The van der Waals surface area contributed by atoms with Crippen molar-refractivity contribution in [3.8, 4) is 0 Å². The van der Waals surface area contributed by atoms with Crippen molar-refractivity contribution in [2.24, 2.45) is 0 Å². The standard InChI is InChI=1S/C16H30O2.C14H26O2.C12H22O2/c1-4-5-6-7-8-9-10-11-12-13-14-18-16(17)15(2)3;1-4-5-6-7-8-9-10-11-12-16-14(15)13(2)3;1-4-5-6-7-8-9-10-14-12(13)11(2)3/h2,4-14H2,1,3H3;2,4-12H2,1,3H3;2,4-10H2,1,3H3. The zero-order valence-electron chi connectivity index (χ0n) is 32.7. The van der Waals surface area contributed by atoms with E-state index in [-0.39, 0.29) is 17.9 Å². The zero-order valence-corrected chi connectivity index (χ0v) is 32.7. The topological polar surface area (TPSA) is 78.9 Å². The fraction of sp³-hybridized carbons (Fsp3) is 0.786. The Hall–Kier alpha value is -2.37. The number of carbonyl (C=O) groups excluding carboxylic acids is 3. The van der Waals surface area contributed by atoms with Gasteiger partial charge in [-0.3, -0.25) is 0 Å². The molecule has 6 nitrogen and oxygen atoms in total. The number of ether oxygens (including phenoxy) is 3. The van der Waals surface area contributed by atoms with Crippen LogP contribution in [0.15, 0.2) is 36.5 Å². The van der Waals surface area contributed by atoms with Gasteiger partial charge in [-0.15, -0.1) is 0 Å². The molecule has 0 aliphatic carbocycles. The van der Waals surface area contributed by atoms with Crippen molar-refractivity contribution in [3.05, 3.63) is 36.5 Å². The summed E-state index contributed by atoms with van der Waals surface area (Å²) in [7, 11) is 0. The summed E-state index contributed by atoms with van der Waals surface area (Å²) in [4.78, 5) is 33.1. The molecule has 0 unspecified atom stereocenters. The van der Waals surface area contributed by atoms with Gasteiger partial charge in [0.25, 0.3) is 0 Å². The predicted octanol–water partition coefficient (Wildman–Crippen LogP) is 12.7. The van der Waals surface area contributed by atoms with Crippen LogP contribution in [0.3, 0.4) is 0 Å². The summed E-state index contributed by atoms with van der Waals surface area (Å²) in [5.74, 6) is -0.785. The lowest BCUT2D eigenvalue weighted by atomic mass is 10.1. The molecular formula is C42H78O6. The molecule has 282 valence electrons. The van der Waals surface area contributed by atoms with Gasteiger partial charge in [0.05, 0.1) is 19.8 Å². The van der Waals surface area contributed by atoms with Gasteiger partial charge in [-0.25, -0.2) is 14.4 Å². The molecule has 48 heavy (non-hydrogen) atoms. The maximum atomic E-state index is 11.1. The molecule has 0 amide bonds. The smallest absolute Gasteiger partial charge is 0.333 e. The summed E-state index contributed by atoms with van der Waals surface area (Å²) in [5, 5.41) is 0. The predicted molar refractivity (Wildman–Crippen MR) is 205 cm³/mol. The molecule has 0 aliphatic heterocycles. The van der Waals surface area contributed by atoms with Gasteiger partial charge >= 0.3 is 17.9 Å². The monoisotopic (exact) mass is 679 g/mol. The Balaban J connectivity index is -0.000000638. The molecule has 0 atom stereocenters. The van der Waals surface area contributed by atoms with Crippen molar-refractivity contribution < 1.29 is 28.6 Å². The summed E-state index contributed by atoms with van der Waals surface area (Å²) >= 11 is 0. The lowest BCUT2D eigenvalue weighted by Crippen LogP contribution is -2.05. The molecule has 0 fully saturated rings. The molecule has 0 saturated heterocycles. The minimum absolute atomic E-state index is 0.258. The molecule has 0 N–H and O–H groups in total. The summed E-state index contributed by atoms with van der Waals surface area (Å²) in [5.41, 5.74) is 1.46. The Labute approximate surface area is 297 Å². The van der Waals surface area contributed by atoms with Crippen molar-refractivity contribution in [2.75, 3.05) is 19.8 Å². The zero-order chi connectivity index (χ0) is 36.7. The first-order valence-electron chi connectivity index (χ1n) is 19.5. The maximum absolute atomic E-state index is 11.1. The fourth-order valence-electron chi connectivity index (χ4n) is 4.57. The molecule has 0 aliphatic rings. The minimum Gasteiger partial charge on any atom is -0.462 e. The minimum atomic E-state index is -0.265. The third kappa shape index (κ3) is 43.6. The number of hydrogen-bond acceptors (Lipinski definition) is 6. The molecule has 0 radical (unpaired) electrons. The summed E-state index contributed by atoms with van der Waals surface area (Å²) < 4.78 is 15.0. The molecule has 0 spiro atoms. The molecule has 0 aromatic carbocycles. The number of unbranched alkanes of at least 4 members (excludes halogenated alkanes) is 21. The Morgan fingerprint density at radius 3 is 0.667 bits per heavy atom. The molecule has 0 aromatic heterocycles. The van der Waals surface area contributed by atoms with E-state index in [1.165, 1.54) is 122 Å². The molecular weight excluding hydrogens is 600 g/mol. The van der Waals surface area contributed by atoms with E-state index >= 15 is 0 Å². The number of hydrogen-bond donors (Lipinski definition) is 0. The van der Waals surface area contributed by atoms with Gasteiger partial charge in [0.1, 0.15) is 0 Å². The second-order valence-electron chi connectivity index (χ2n) is 13.2. The van der Waals surface area contributed by atoms with Crippen LogP contribution in [0, 0.1) is 0 Å². The molecule has 0 heterocycles. The van der Waals surface area contributed by atoms with Crippen molar-refractivity contribution in [1.82, 2.24) is 0 Å². The highest BCUT2D eigenvalue weighted by atomic mass is 16.5. The Morgan fingerprint density at radius 1 is 0.333 bits per heavy atom. The van der Waals surface area contributed by atoms with Gasteiger partial charge in [-0.05, 0) is 40.0 Å². The number of rotatable bonds is 30. The summed E-state index contributed by atoms with van der Waals surface area (Å²) in [6.07, 6.45) is 30.3. The van der Waals surface area contributed by atoms with E-state index in [2.05, 4.69) is 40.5 Å². The maximum Gasteiger partial charge on any atom is 0.333 e. The Bertz CT molecular complexity index is 800. The molecule has 0 bridgehead atoms. The number of carbonyl (C=O) groups is 3. The van der Waals surface area contributed by atoms with Crippen molar-refractivity contribution in [3.63, 3.8) is 0 Å². The van der Waals surface area contributed by atoms with Gasteiger partial charge < -0.3 is 14.2 Å². The first-order chi connectivity index (χ1) is 23.0. The summed E-state index contributed by atoms with van der Waals surface area (Å²) in [6.45, 7) is 23.9. The van der Waals surface area contributed by atoms with E-state index in [1.807, 2.05) is 0 Å². The normalized spacial score (nSPS) is 10.1. The lowest BCUT2D eigenvalue weighted by Gasteiger charge is -2.04. The molecule has 6 heteroatoms. The van der Waals surface area contributed by atoms with Crippen LogP contribution >= 0.6 is 0 Å². The van der Waals surface area contributed by atoms with Crippen LogP contribution in [0.4, 0.5) is 0 Å². The molecule has 0 aromatic rings. The average molecular weight is 679 g/mol. The lowest BCUT2D eigenvalue weighted by molar-refractivity contribution is -0.139. The van der Waals surface area contributed by atoms with Crippen LogP contribution in [-0.2, 0) is 28.6 Å². The van der Waals surface area contributed by atoms with E-state index in [9.17, 15) is 14.4 Å². The SMILES string of the molecule is C=C(C)C(=O)OCCCCCCCC.C=C(C)C(=O)OCCCCCCCCCC.C=C(C)C(=O)OCCCCCCCCCCCC. The Morgan fingerprint density at radius 2 is 0.500 bits per heavy atom. The van der Waals surface area contributed by atoms with Gasteiger partial charge in [0.15, 0.2) is 0 Å². The fourth-order valence-corrected chi connectivity index (χ4v) is 4.57. The van der Waals surface area contributed by atoms with Crippen LogP contribution in [0.25, 0.3) is 0 Å². The van der Waals surface area contributed by atoms with E-state index in [4.69, 9.17) is 14.2 Å².